The van der Waals surface area contributed by atoms with Crippen molar-refractivity contribution in [2.45, 2.75) is 18.6 Å². The summed E-state index contributed by atoms with van der Waals surface area (Å²) in [6, 6.07) is 8.56. The molecule has 1 aromatic carbocycles. The van der Waals surface area contributed by atoms with Gasteiger partial charge in [-0.2, -0.15) is 0 Å². The summed E-state index contributed by atoms with van der Waals surface area (Å²) < 4.78 is 17.6. The fourth-order valence-electron chi connectivity index (χ4n) is 2.77. The average molecular weight is 366 g/mol. The predicted octanol–water partition coefficient (Wildman–Crippen LogP) is 2.99. The molecule has 24 heavy (non-hydrogen) atoms. The summed E-state index contributed by atoms with van der Waals surface area (Å²) in [5.74, 6) is 0.545. The van der Waals surface area contributed by atoms with Crippen LogP contribution < -0.4 is 5.63 Å². The molecule has 2 aromatic rings. The van der Waals surface area contributed by atoms with Crippen LogP contribution in [0.5, 0.6) is 5.75 Å². The monoisotopic (exact) mass is 365 g/mol. The van der Waals surface area contributed by atoms with Gasteiger partial charge in [-0.3, -0.25) is 9.20 Å². The van der Waals surface area contributed by atoms with Gasteiger partial charge in [-0.25, -0.2) is 4.79 Å². The topological polar surface area (TPSA) is 79.9 Å². The smallest absolute Gasteiger partial charge is 0.348 e. The number of aromatic hydroxyl groups is 1. The van der Waals surface area contributed by atoms with Gasteiger partial charge in [-0.15, -0.1) is 0 Å². The highest BCUT2D eigenvalue weighted by molar-refractivity contribution is 7.85. The van der Waals surface area contributed by atoms with Crippen molar-refractivity contribution in [2.24, 2.45) is 4.99 Å². The number of halogens is 1. The van der Waals surface area contributed by atoms with E-state index in [0.29, 0.717) is 28.8 Å². The second kappa shape index (κ2) is 6.91. The molecule has 0 radical (unpaired) electrons. The first kappa shape index (κ1) is 16.9. The lowest BCUT2D eigenvalue weighted by atomic mass is 10.0. The van der Waals surface area contributed by atoms with E-state index in [2.05, 4.69) is 4.99 Å². The summed E-state index contributed by atoms with van der Waals surface area (Å²) in [5.41, 5.74) is 0.652. The zero-order valence-corrected chi connectivity index (χ0v) is 14.6. The van der Waals surface area contributed by atoms with Crippen molar-refractivity contribution >= 4 is 28.1 Å². The van der Waals surface area contributed by atoms with Gasteiger partial charge in [-0.05, 0) is 24.6 Å². The van der Waals surface area contributed by atoms with Crippen molar-refractivity contribution in [1.82, 2.24) is 0 Å². The van der Waals surface area contributed by atoms with Crippen LogP contribution in [0.2, 0.25) is 5.02 Å². The fourth-order valence-corrected chi connectivity index (χ4v) is 4.31. The van der Waals surface area contributed by atoms with Gasteiger partial charge in [-0.1, -0.05) is 23.7 Å². The molecule has 1 N–H and O–H groups in total. The molecule has 0 saturated carbocycles. The Morgan fingerprint density at radius 2 is 2.17 bits per heavy atom. The molecule has 0 spiro atoms. The van der Waals surface area contributed by atoms with Crippen LogP contribution in [0.3, 0.4) is 0 Å². The molecule has 7 heteroatoms. The van der Waals surface area contributed by atoms with Gasteiger partial charge < -0.3 is 9.52 Å². The third-order valence-corrected chi connectivity index (χ3v) is 5.75. The Morgan fingerprint density at radius 1 is 1.38 bits per heavy atom. The summed E-state index contributed by atoms with van der Waals surface area (Å²) in [5, 5.41) is 10.4. The van der Waals surface area contributed by atoms with Crippen molar-refractivity contribution in [3.05, 3.63) is 62.7 Å². The summed E-state index contributed by atoms with van der Waals surface area (Å²) in [6.45, 7) is 1.91. The Kier molecular flexibility index (Phi) is 4.87. The Morgan fingerprint density at radius 3 is 2.88 bits per heavy atom. The molecule has 1 aromatic heterocycles. The van der Waals surface area contributed by atoms with Crippen molar-refractivity contribution in [3.8, 4) is 5.75 Å². The molecule has 126 valence electrons. The predicted molar refractivity (Wildman–Crippen MR) is 94.6 cm³/mol. The molecule has 0 fully saturated rings. The van der Waals surface area contributed by atoms with Crippen molar-refractivity contribution in [3.63, 3.8) is 0 Å². The normalized spacial score (nSPS) is 21.2. The first-order chi connectivity index (χ1) is 11.5. The maximum Gasteiger partial charge on any atom is 0.348 e. The number of aliphatic imine (C=N–C) groups is 1. The molecule has 3 rings (SSSR count). The zero-order chi connectivity index (χ0) is 17.3. The number of rotatable bonds is 2. The first-order valence-corrected chi connectivity index (χ1v) is 9.22. The van der Waals surface area contributed by atoms with E-state index in [-0.39, 0.29) is 23.0 Å². The maximum absolute atomic E-state index is 12.6. The minimum Gasteiger partial charge on any atom is -0.507 e. The number of aryl methyl sites for hydroxylation is 1. The maximum atomic E-state index is 12.6. The molecule has 1 aliphatic rings. The molecule has 0 amide bonds. The van der Waals surface area contributed by atoms with E-state index in [4.69, 9.17) is 16.0 Å². The highest BCUT2D eigenvalue weighted by Crippen LogP contribution is 2.30. The lowest BCUT2D eigenvalue weighted by Crippen LogP contribution is -2.18. The van der Waals surface area contributed by atoms with Crippen molar-refractivity contribution < 1.29 is 13.7 Å². The van der Waals surface area contributed by atoms with Crippen LogP contribution in [0.1, 0.15) is 28.6 Å². The molecule has 2 atom stereocenters. The third-order valence-electron chi connectivity index (χ3n) is 3.85. The van der Waals surface area contributed by atoms with E-state index < -0.39 is 16.4 Å². The van der Waals surface area contributed by atoms with Crippen LogP contribution in [-0.4, -0.2) is 27.3 Å². The second-order valence-corrected chi connectivity index (χ2v) is 7.74. The summed E-state index contributed by atoms with van der Waals surface area (Å²) >= 11 is 6.04. The van der Waals surface area contributed by atoms with Crippen LogP contribution in [-0.2, 0) is 10.8 Å². The number of hydrogen-bond donors (Lipinski definition) is 1. The number of hydrogen-bond acceptors (Lipinski definition) is 5. The molecule has 2 heterocycles. The van der Waals surface area contributed by atoms with Crippen molar-refractivity contribution in [2.75, 3.05) is 12.3 Å². The third kappa shape index (κ3) is 3.44. The minimum absolute atomic E-state index is 0.0477. The Bertz CT molecular complexity index is 890. The van der Waals surface area contributed by atoms with Crippen LogP contribution in [0, 0.1) is 6.92 Å². The largest absolute Gasteiger partial charge is 0.507 e. The zero-order valence-electron chi connectivity index (χ0n) is 13.0. The van der Waals surface area contributed by atoms with Gasteiger partial charge in [0.05, 0.1) is 17.5 Å². The SMILES string of the molecule is Cc1cc(O)c(C2=NCCS(=O)[C@H](c3cccc(Cl)c3)C2)c(=O)o1. The summed E-state index contributed by atoms with van der Waals surface area (Å²) in [6.07, 6.45) is 0.272. The van der Waals surface area contributed by atoms with Crippen LogP contribution in [0.4, 0.5) is 0 Å². The van der Waals surface area contributed by atoms with Gasteiger partial charge in [0.2, 0.25) is 0 Å². The van der Waals surface area contributed by atoms with Gasteiger partial charge in [0.1, 0.15) is 17.1 Å². The summed E-state index contributed by atoms with van der Waals surface area (Å²) in [7, 11) is -1.15. The molecular weight excluding hydrogens is 350 g/mol. The van der Waals surface area contributed by atoms with Crippen LogP contribution in [0.25, 0.3) is 0 Å². The average Bonchev–Trinajstić information content (AvgIpc) is 2.68. The van der Waals surface area contributed by atoms with Gasteiger partial charge in [0, 0.05) is 34.1 Å². The number of nitrogens with zero attached hydrogens (tertiary/aromatic N) is 1. The summed E-state index contributed by atoms with van der Waals surface area (Å²) in [4.78, 5) is 16.5. The highest BCUT2D eigenvalue weighted by atomic mass is 35.5. The minimum atomic E-state index is -1.15. The fraction of sp³-hybridized carbons (Fsp3) is 0.294. The first-order valence-electron chi connectivity index (χ1n) is 7.46. The lowest BCUT2D eigenvalue weighted by molar-refractivity contribution is 0.432. The van der Waals surface area contributed by atoms with E-state index in [1.54, 1.807) is 25.1 Å². The highest BCUT2D eigenvalue weighted by Gasteiger charge is 2.27. The quantitative estimate of drug-likeness (QED) is 0.887. The van der Waals surface area contributed by atoms with E-state index in [0.717, 1.165) is 5.56 Å². The second-order valence-electron chi connectivity index (χ2n) is 5.57. The van der Waals surface area contributed by atoms with Crippen molar-refractivity contribution in [1.29, 1.82) is 0 Å². The standard InChI is InChI=1S/C17H16ClNO4S/c1-10-7-14(20)16(17(21)23-10)13-9-15(24(22)6-5-19-13)11-3-2-4-12(18)8-11/h2-4,7-8,15,20H,5-6,9H2,1H3/t15-,24?/m0/s1. The van der Waals surface area contributed by atoms with E-state index in [1.165, 1.54) is 6.07 Å². The van der Waals surface area contributed by atoms with E-state index in [9.17, 15) is 14.1 Å². The number of benzene rings is 1. The van der Waals surface area contributed by atoms with Gasteiger partial charge in [0.25, 0.3) is 0 Å². The van der Waals surface area contributed by atoms with Gasteiger partial charge in [0.15, 0.2) is 0 Å². The lowest BCUT2D eigenvalue weighted by Gasteiger charge is -2.16. The molecular formula is C17H16ClNO4S. The molecule has 0 saturated heterocycles. The Labute approximate surface area is 146 Å². The van der Waals surface area contributed by atoms with Crippen LogP contribution >= 0.6 is 11.6 Å². The Balaban J connectivity index is 2.03. The van der Waals surface area contributed by atoms with Crippen LogP contribution in [0.15, 0.2) is 44.5 Å². The Hall–Kier alpha value is -1.92. The molecule has 0 bridgehead atoms. The molecule has 0 aliphatic carbocycles. The van der Waals surface area contributed by atoms with E-state index in [1.807, 2.05) is 6.07 Å². The van der Waals surface area contributed by atoms with Gasteiger partial charge >= 0.3 is 5.63 Å². The molecule has 1 aliphatic heterocycles. The molecule has 5 nitrogen and oxygen atoms in total. The van der Waals surface area contributed by atoms with E-state index >= 15 is 0 Å². The molecule has 1 unspecified atom stereocenters.